The zero-order valence-electron chi connectivity index (χ0n) is 29.3. The third kappa shape index (κ3) is 11.2. The van der Waals surface area contributed by atoms with Gasteiger partial charge >= 0.3 is 0 Å². The second-order valence-corrected chi connectivity index (χ2v) is 13.3. The Kier molecular flexibility index (Phi) is 14.2. The van der Waals surface area contributed by atoms with Crippen molar-refractivity contribution in [3.63, 3.8) is 0 Å². The first-order chi connectivity index (χ1) is 22.7. The number of benzene rings is 3. The Hall–Kier alpha value is -3.77. The van der Waals surface area contributed by atoms with Crippen LogP contribution in [0.25, 0.3) is 34.2 Å². The second-order valence-electron chi connectivity index (χ2n) is 13.3. The van der Waals surface area contributed by atoms with Gasteiger partial charge in [-0.15, -0.1) is 0 Å². The van der Waals surface area contributed by atoms with E-state index in [0.717, 1.165) is 41.5 Å². The van der Waals surface area contributed by atoms with Gasteiger partial charge in [-0.25, -0.2) is 15.0 Å². The Bertz CT molecular complexity index is 1500. The molecule has 1 unspecified atom stereocenters. The van der Waals surface area contributed by atoms with Crippen LogP contribution >= 0.6 is 0 Å². The van der Waals surface area contributed by atoms with Crippen molar-refractivity contribution in [1.82, 2.24) is 15.0 Å². The third-order valence-electron chi connectivity index (χ3n) is 8.92. The molecule has 6 nitrogen and oxygen atoms in total. The molecule has 0 aliphatic rings. The lowest BCUT2D eigenvalue weighted by Crippen LogP contribution is -2.17. The SMILES string of the molecule is CCCCCCCCCCCCCCC(O)COc1ccc(-c2nc(-c3ccc(C)cc3C)nc(-c3ccc(C)cc3C)n2)c(O)c1. The molecule has 4 rings (SSSR count). The summed E-state index contributed by atoms with van der Waals surface area (Å²) >= 11 is 0. The van der Waals surface area contributed by atoms with Crippen LogP contribution in [0.3, 0.4) is 0 Å². The predicted molar refractivity (Wildman–Crippen MR) is 194 cm³/mol. The molecule has 0 spiro atoms. The molecule has 3 aromatic carbocycles. The molecule has 0 saturated carbocycles. The minimum absolute atomic E-state index is 0.0160. The fourth-order valence-electron chi connectivity index (χ4n) is 6.15. The number of unbranched alkanes of at least 4 members (excludes halogenated alkanes) is 11. The molecule has 0 saturated heterocycles. The van der Waals surface area contributed by atoms with E-state index >= 15 is 0 Å². The zero-order chi connectivity index (χ0) is 33.6. The van der Waals surface area contributed by atoms with Crippen LogP contribution in [-0.2, 0) is 0 Å². The highest BCUT2D eigenvalue weighted by Crippen LogP contribution is 2.34. The summed E-state index contributed by atoms with van der Waals surface area (Å²) in [4.78, 5) is 14.5. The van der Waals surface area contributed by atoms with Crippen LogP contribution in [-0.4, -0.2) is 37.9 Å². The van der Waals surface area contributed by atoms with Crippen molar-refractivity contribution >= 4 is 0 Å². The summed E-state index contributed by atoms with van der Waals surface area (Å²) in [6, 6.07) is 17.6. The van der Waals surface area contributed by atoms with Crippen molar-refractivity contribution in [2.75, 3.05) is 6.61 Å². The number of aliphatic hydroxyl groups excluding tert-OH is 1. The minimum Gasteiger partial charge on any atom is -0.507 e. The van der Waals surface area contributed by atoms with E-state index < -0.39 is 6.10 Å². The molecule has 2 N–H and O–H groups in total. The Morgan fingerprint density at radius 2 is 1.02 bits per heavy atom. The van der Waals surface area contributed by atoms with Gasteiger partial charge in [0.25, 0.3) is 0 Å². The van der Waals surface area contributed by atoms with Crippen LogP contribution in [0.5, 0.6) is 11.5 Å². The maximum atomic E-state index is 11.1. The van der Waals surface area contributed by atoms with Gasteiger partial charge in [0, 0.05) is 17.2 Å². The average Bonchev–Trinajstić information content (AvgIpc) is 3.04. The van der Waals surface area contributed by atoms with Gasteiger partial charge in [0.15, 0.2) is 17.5 Å². The summed E-state index contributed by atoms with van der Waals surface area (Å²) in [5, 5.41) is 21.6. The highest BCUT2D eigenvalue weighted by molar-refractivity contribution is 5.72. The van der Waals surface area contributed by atoms with Gasteiger partial charge in [0.05, 0.1) is 11.7 Å². The highest BCUT2D eigenvalue weighted by atomic mass is 16.5. The van der Waals surface area contributed by atoms with Crippen LogP contribution in [0.2, 0.25) is 0 Å². The van der Waals surface area contributed by atoms with Crippen molar-refractivity contribution in [3.05, 3.63) is 76.9 Å². The molecule has 0 radical (unpaired) electrons. The fourth-order valence-corrected chi connectivity index (χ4v) is 6.15. The number of phenols is 1. The maximum Gasteiger partial charge on any atom is 0.167 e. The quantitative estimate of drug-likeness (QED) is 0.0995. The molecule has 6 heteroatoms. The van der Waals surface area contributed by atoms with E-state index in [0.29, 0.717) is 28.8 Å². The third-order valence-corrected chi connectivity index (χ3v) is 8.92. The Morgan fingerprint density at radius 3 is 1.49 bits per heavy atom. The largest absolute Gasteiger partial charge is 0.507 e. The number of aryl methyl sites for hydroxylation is 4. The molecule has 0 amide bonds. The lowest BCUT2D eigenvalue weighted by molar-refractivity contribution is 0.0973. The van der Waals surface area contributed by atoms with E-state index in [1.165, 1.54) is 75.3 Å². The molecular formula is C41H55N3O3. The molecule has 4 aromatic rings. The molecule has 0 aliphatic heterocycles. The number of hydrogen-bond acceptors (Lipinski definition) is 6. The summed E-state index contributed by atoms with van der Waals surface area (Å²) in [5.41, 5.74) is 6.82. The lowest BCUT2D eigenvalue weighted by atomic mass is 10.0. The van der Waals surface area contributed by atoms with E-state index in [2.05, 4.69) is 58.9 Å². The first-order valence-electron chi connectivity index (χ1n) is 17.8. The standard InChI is InChI=1S/C41H55N3O3/c1-6-7-8-9-10-11-12-13-14-15-16-17-18-33(45)28-47-34-21-24-37(38(46)27-34)41-43-39(35-22-19-29(2)25-31(35)4)42-40(44-41)36-23-20-30(3)26-32(36)5/h19-27,33,45-46H,6-18,28H2,1-5H3. The summed E-state index contributed by atoms with van der Waals surface area (Å²) in [5.74, 6) is 2.02. The van der Waals surface area contributed by atoms with Gasteiger partial charge in [-0.05, 0) is 57.4 Å². The first kappa shape index (κ1) is 36.1. The van der Waals surface area contributed by atoms with E-state index in [1.54, 1.807) is 18.2 Å². The number of aromatic hydroxyl groups is 1. The molecule has 1 aromatic heterocycles. The molecule has 1 atom stereocenters. The van der Waals surface area contributed by atoms with Gasteiger partial charge < -0.3 is 14.9 Å². The number of aromatic nitrogens is 3. The second kappa shape index (κ2) is 18.5. The lowest BCUT2D eigenvalue weighted by Gasteiger charge is -2.14. The van der Waals surface area contributed by atoms with E-state index in [1.807, 2.05) is 12.1 Å². The molecule has 0 bridgehead atoms. The number of nitrogens with zero attached hydrogens (tertiary/aromatic N) is 3. The predicted octanol–water partition coefficient (Wildman–Crippen LogP) is 10.6. The zero-order valence-corrected chi connectivity index (χ0v) is 29.3. The van der Waals surface area contributed by atoms with Crippen molar-refractivity contribution in [2.24, 2.45) is 0 Å². The number of ether oxygens (including phenoxy) is 1. The highest BCUT2D eigenvalue weighted by Gasteiger charge is 2.18. The summed E-state index contributed by atoms with van der Waals surface area (Å²) in [7, 11) is 0. The number of aliphatic hydroxyl groups is 1. The van der Waals surface area contributed by atoms with Crippen LogP contribution in [0, 0.1) is 27.7 Å². The molecule has 1 heterocycles. The van der Waals surface area contributed by atoms with Crippen LogP contribution in [0.1, 0.15) is 113 Å². The summed E-state index contributed by atoms with van der Waals surface area (Å²) < 4.78 is 5.87. The van der Waals surface area contributed by atoms with Gasteiger partial charge in [-0.1, -0.05) is 131 Å². The van der Waals surface area contributed by atoms with Gasteiger partial charge in [-0.2, -0.15) is 0 Å². The van der Waals surface area contributed by atoms with Gasteiger partial charge in [0.2, 0.25) is 0 Å². The van der Waals surface area contributed by atoms with Crippen molar-refractivity contribution in [1.29, 1.82) is 0 Å². The van der Waals surface area contributed by atoms with Crippen LogP contribution < -0.4 is 4.74 Å². The Labute approximate surface area is 282 Å². The Balaban J connectivity index is 1.35. The van der Waals surface area contributed by atoms with E-state index in [9.17, 15) is 10.2 Å². The fraction of sp³-hybridized carbons (Fsp3) is 0.488. The molecule has 47 heavy (non-hydrogen) atoms. The molecule has 0 fully saturated rings. The topological polar surface area (TPSA) is 88.4 Å². The van der Waals surface area contributed by atoms with Crippen molar-refractivity contribution in [3.8, 4) is 45.7 Å². The number of rotatable bonds is 19. The summed E-state index contributed by atoms with van der Waals surface area (Å²) in [6.45, 7) is 10.7. The molecule has 252 valence electrons. The van der Waals surface area contributed by atoms with Crippen LogP contribution in [0.4, 0.5) is 0 Å². The Morgan fingerprint density at radius 1 is 0.574 bits per heavy atom. The van der Waals surface area contributed by atoms with Gasteiger partial charge in [0.1, 0.15) is 18.1 Å². The average molecular weight is 638 g/mol. The van der Waals surface area contributed by atoms with Crippen molar-refractivity contribution < 1.29 is 14.9 Å². The summed E-state index contributed by atoms with van der Waals surface area (Å²) in [6.07, 6.45) is 15.7. The smallest absolute Gasteiger partial charge is 0.167 e. The minimum atomic E-state index is -0.538. The first-order valence-corrected chi connectivity index (χ1v) is 17.8. The van der Waals surface area contributed by atoms with E-state index in [-0.39, 0.29) is 12.4 Å². The number of hydrogen-bond donors (Lipinski definition) is 2. The maximum absolute atomic E-state index is 11.1. The van der Waals surface area contributed by atoms with Crippen molar-refractivity contribution in [2.45, 2.75) is 124 Å². The molecular weight excluding hydrogens is 582 g/mol. The molecule has 0 aliphatic carbocycles. The monoisotopic (exact) mass is 637 g/mol. The van der Waals surface area contributed by atoms with Gasteiger partial charge in [-0.3, -0.25) is 0 Å². The van der Waals surface area contributed by atoms with E-state index in [4.69, 9.17) is 19.7 Å². The number of phenolic OH excluding ortho intramolecular Hbond substituents is 1. The van der Waals surface area contributed by atoms with Crippen LogP contribution in [0.15, 0.2) is 54.6 Å². The normalized spacial score (nSPS) is 12.0.